The van der Waals surface area contributed by atoms with Crippen LogP contribution in [0.3, 0.4) is 0 Å². The third-order valence-electron chi connectivity index (χ3n) is 6.28. The van der Waals surface area contributed by atoms with Crippen molar-refractivity contribution in [3.8, 4) is 11.3 Å². The monoisotopic (exact) mass is 439 g/mol. The molecule has 1 aliphatic rings. The fourth-order valence-corrected chi connectivity index (χ4v) is 5.23. The van der Waals surface area contributed by atoms with Crippen molar-refractivity contribution in [1.29, 1.82) is 0 Å². The molecule has 0 aromatic carbocycles. The van der Waals surface area contributed by atoms with Gasteiger partial charge < -0.3 is 14.1 Å². The summed E-state index contributed by atoms with van der Waals surface area (Å²) in [6.45, 7) is 8.33. The van der Waals surface area contributed by atoms with Crippen LogP contribution in [-0.4, -0.2) is 45.3 Å². The number of carbonyl (C=O) groups is 1. The van der Waals surface area contributed by atoms with E-state index in [4.69, 9.17) is 4.74 Å². The zero-order chi connectivity index (χ0) is 21.8. The summed E-state index contributed by atoms with van der Waals surface area (Å²) in [5.74, 6) is 0.526. The lowest BCUT2D eigenvalue weighted by molar-refractivity contribution is -0.108. The Morgan fingerprint density at radius 3 is 2.81 bits per heavy atom. The van der Waals surface area contributed by atoms with Crippen LogP contribution in [0.4, 0.5) is 0 Å². The molecule has 1 atom stereocenters. The summed E-state index contributed by atoms with van der Waals surface area (Å²) in [5.41, 5.74) is 2.69. The van der Waals surface area contributed by atoms with Crippen LogP contribution in [0.15, 0.2) is 31.0 Å². The quantitative estimate of drug-likeness (QED) is 0.254. The fourth-order valence-electron chi connectivity index (χ4n) is 4.48. The van der Waals surface area contributed by atoms with Crippen molar-refractivity contribution in [2.45, 2.75) is 70.6 Å². The lowest BCUT2D eigenvalue weighted by atomic mass is 9.96. The summed E-state index contributed by atoms with van der Waals surface area (Å²) >= 11 is 0. The number of hydrogen-bond acceptors (Lipinski definition) is 5. The molecule has 3 aromatic heterocycles. The fraction of sp³-hybridized carbons (Fsp3) is 0.565. The lowest BCUT2D eigenvalue weighted by Crippen LogP contribution is -2.22. The largest absolute Gasteiger partial charge is 0.361 e. The predicted octanol–water partition coefficient (Wildman–Crippen LogP) is 4.93. The van der Waals surface area contributed by atoms with E-state index in [0.717, 1.165) is 41.2 Å². The summed E-state index contributed by atoms with van der Waals surface area (Å²) in [7, 11) is -1.10. The number of hydrogen-bond donors (Lipinski definition) is 0. The van der Waals surface area contributed by atoms with Gasteiger partial charge in [-0.05, 0) is 30.9 Å². The van der Waals surface area contributed by atoms with Gasteiger partial charge in [0.1, 0.15) is 25.0 Å². The van der Waals surface area contributed by atoms with Gasteiger partial charge in [0.2, 0.25) is 0 Å². The van der Waals surface area contributed by atoms with Crippen LogP contribution in [0.2, 0.25) is 25.7 Å². The minimum Gasteiger partial charge on any atom is -0.361 e. The van der Waals surface area contributed by atoms with Crippen LogP contribution in [0.5, 0.6) is 0 Å². The summed E-state index contributed by atoms with van der Waals surface area (Å²) < 4.78 is 9.92. The maximum absolute atomic E-state index is 11.3. The zero-order valence-corrected chi connectivity index (χ0v) is 19.8. The van der Waals surface area contributed by atoms with Crippen molar-refractivity contribution in [3.63, 3.8) is 0 Å². The van der Waals surface area contributed by atoms with E-state index >= 15 is 0 Å². The van der Waals surface area contributed by atoms with Crippen LogP contribution < -0.4 is 0 Å². The first-order chi connectivity index (χ1) is 15.0. The summed E-state index contributed by atoms with van der Waals surface area (Å²) in [6, 6.07) is 3.33. The number of aromatic nitrogens is 5. The van der Waals surface area contributed by atoms with Crippen LogP contribution in [0.1, 0.15) is 38.1 Å². The molecule has 31 heavy (non-hydrogen) atoms. The van der Waals surface area contributed by atoms with Gasteiger partial charge in [-0.3, -0.25) is 4.68 Å². The summed E-state index contributed by atoms with van der Waals surface area (Å²) in [6.07, 6.45) is 13.9. The topological polar surface area (TPSA) is 74.8 Å². The molecule has 1 fully saturated rings. The lowest BCUT2D eigenvalue weighted by Gasteiger charge is -2.21. The molecule has 0 N–H and O–H groups in total. The average Bonchev–Trinajstić information content (AvgIpc) is 3.50. The van der Waals surface area contributed by atoms with E-state index in [0.29, 0.717) is 19.1 Å². The highest BCUT2D eigenvalue weighted by Gasteiger charge is 2.27. The second-order valence-corrected chi connectivity index (χ2v) is 15.4. The molecule has 8 heteroatoms. The number of fused-ring (bicyclic) bond motifs is 1. The van der Waals surface area contributed by atoms with Gasteiger partial charge in [0.25, 0.3) is 0 Å². The molecule has 0 saturated heterocycles. The van der Waals surface area contributed by atoms with Gasteiger partial charge in [-0.25, -0.2) is 9.97 Å². The number of nitrogens with zero attached hydrogens (tertiary/aromatic N) is 5. The van der Waals surface area contributed by atoms with Gasteiger partial charge in [-0.1, -0.05) is 32.5 Å². The van der Waals surface area contributed by atoms with E-state index in [2.05, 4.69) is 34.7 Å². The highest BCUT2D eigenvalue weighted by molar-refractivity contribution is 6.76. The Morgan fingerprint density at radius 1 is 1.26 bits per heavy atom. The number of carbonyl (C=O) groups excluding carboxylic acids is 1. The van der Waals surface area contributed by atoms with Gasteiger partial charge in [-0.2, -0.15) is 5.10 Å². The standard InChI is InChI=1S/C23H33N5O2Si/c1-31(2,3)13-12-30-17-27-10-8-20-22(24-16-25-23(20)27)19-14-26-28(15-19)21(9-11-29)18-6-4-5-7-18/h8,10-11,14-16,18,21H,4-7,9,12-13,17H2,1-3H3/t21-/m1/s1. The van der Waals surface area contributed by atoms with Gasteiger partial charge in [0.15, 0.2) is 0 Å². The molecule has 166 valence electrons. The first kappa shape index (κ1) is 21.9. The second kappa shape index (κ2) is 9.44. The number of ether oxygens (including phenoxy) is 1. The molecule has 0 unspecified atom stereocenters. The Kier molecular flexibility index (Phi) is 6.67. The summed E-state index contributed by atoms with van der Waals surface area (Å²) in [4.78, 5) is 20.3. The van der Waals surface area contributed by atoms with E-state index < -0.39 is 8.07 Å². The van der Waals surface area contributed by atoms with E-state index in [1.54, 1.807) is 6.33 Å². The van der Waals surface area contributed by atoms with Gasteiger partial charge in [0, 0.05) is 44.4 Å². The van der Waals surface area contributed by atoms with Crippen molar-refractivity contribution in [1.82, 2.24) is 24.3 Å². The predicted molar refractivity (Wildman–Crippen MR) is 125 cm³/mol. The van der Waals surface area contributed by atoms with Crippen LogP contribution in [0, 0.1) is 5.92 Å². The van der Waals surface area contributed by atoms with Crippen molar-refractivity contribution in [2.24, 2.45) is 5.92 Å². The van der Waals surface area contributed by atoms with Crippen molar-refractivity contribution < 1.29 is 9.53 Å². The first-order valence-electron chi connectivity index (χ1n) is 11.3. The molecule has 3 heterocycles. The Morgan fingerprint density at radius 2 is 2.06 bits per heavy atom. The molecular formula is C23H33N5O2Si. The van der Waals surface area contributed by atoms with Crippen molar-refractivity contribution in [2.75, 3.05) is 6.61 Å². The van der Waals surface area contributed by atoms with E-state index in [-0.39, 0.29) is 6.04 Å². The maximum atomic E-state index is 11.3. The molecule has 7 nitrogen and oxygen atoms in total. The highest BCUT2D eigenvalue weighted by Crippen LogP contribution is 2.36. The van der Waals surface area contributed by atoms with Crippen LogP contribution >= 0.6 is 0 Å². The molecule has 3 aromatic rings. The number of rotatable bonds is 10. The first-order valence-corrected chi connectivity index (χ1v) is 15.0. The van der Waals surface area contributed by atoms with E-state index in [1.165, 1.54) is 25.7 Å². The van der Waals surface area contributed by atoms with E-state index in [9.17, 15) is 4.79 Å². The smallest absolute Gasteiger partial charge is 0.145 e. The Balaban J connectivity index is 1.53. The molecule has 0 radical (unpaired) electrons. The summed E-state index contributed by atoms with van der Waals surface area (Å²) in [5, 5.41) is 5.61. The third kappa shape index (κ3) is 5.12. The minimum absolute atomic E-state index is 0.135. The molecule has 4 rings (SSSR count). The van der Waals surface area contributed by atoms with Gasteiger partial charge >= 0.3 is 0 Å². The molecule has 0 spiro atoms. The minimum atomic E-state index is -1.10. The van der Waals surface area contributed by atoms with Gasteiger partial charge in [-0.15, -0.1) is 0 Å². The molecule has 0 bridgehead atoms. The highest BCUT2D eigenvalue weighted by atomic mass is 28.3. The maximum Gasteiger partial charge on any atom is 0.145 e. The van der Waals surface area contributed by atoms with E-state index in [1.807, 2.05) is 33.9 Å². The molecular weight excluding hydrogens is 406 g/mol. The van der Waals surface area contributed by atoms with Crippen LogP contribution in [-0.2, 0) is 16.3 Å². The van der Waals surface area contributed by atoms with Crippen molar-refractivity contribution >= 4 is 25.4 Å². The third-order valence-corrected chi connectivity index (χ3v) is 7.98. The SMILES string of the molecule is C[Si](C)(C)CCOCn1ccc2c(-c3cnn([C@H](CC=O)C4CCCC4)c3)ncnc21. The molecule has 0 amide bonds. The average molecular weight is 440 g/mol. The Hall–Kier alpha value is -2.32. The van der Waals surface area contributed by atoms with Gasteiger partial charge in [0.05, 0.1) is 17.9 Å². The number of aldehydes is 1. The Labute approximate surface area is 184 Å². The normalized spacial score (nSPS) is 16.2. The van der Waals surface area contributed by atoms with Crippen molar-refractivity contribution in [3.05, 3.63) is 31.0 Å². The van der Waals surface area contributed by atoms with Crippen LogP contribution in [0.25, 0.3) is 22.3 Å². The molecule has 1 saturated carbocycles. The zero-order valence-electron chi connectivity index (χ0n) is 18.8. The molecule has 1 aliphatic carbocycles. The molecule has 0 aliphatic heterocycles. The Bertz CT molecular complexity index is 1020. The second-order valence-electron chi connectivity index (χ2n) is 9.82.